The first-order valence-corrected chi connectivity index (χ1v) is 7.03. The zero-order valence-electron chi connectivity index (χ0n) is 11.8. The molecule has 0 spiro atoms. The minimum absolute atomic E-state index is 0.150. The molecule has 0 aromatic heterocycles. The fraction of sp³-hybridized carbons (Fsp3) is 0.533. The van der Waals surface area contributed by atoms with Gasteiger partial charge in [0.05, 0.1) is 18.2 Å². The second-order valence-electron chi connectivity index (χ2n) is 5.48. The summed E-state index contributed by atoms with van der Waals surface area (Å²) in [7, 11) is 0. The van der Waals surface area contributed by atoms with Crippen LogP contribution in [0.5, 0.6) is 0 Å². The van der Waals surface area contributed by atoms with Crippen LogP contribution >= 0.6 is 0 Å². The van der Waals surface area contributed by atoms with Gasteiger partial charge in [-0.1, -0.05) is 12.1 Å². The third kappa shape index (κ3) is 5.04. The molecule has 0 heterocycles. The Morgan fingerprint density at radius 3 is 2.43 bits per heavy atom. The van der Waals surface area contributed by atoms with Crippen LogP contribution in [0.2, 0.25) is 0 Å². The molecule has 116 valence electrons. The third-order valence-electron chi connectivity index (χ3n) is 3.53. The SMILES string of the molecule is CC(NC(=O)CNCC1CC1)c1ccc(C(F)(F)F)cc1. The molecular formula is C15H19F3N2O. The summed E-state index contributed by atoms with van der Waals surface area (Å²) in [5.74, 6) is 0.549. The summed E-state index contributed by atoms with van der Waals surface area (Å²) in [6.07, 6.45) is -1.90. The Labute approximate surface area is 121 Å². The Morgan fingerprint density at radius 2 is 1.90 bits per heavy atom. The molecule has 0 radical (unpaired) electrons. The minimum atomic E-state index is -4.34. The molecule has 1 aromatic carbocycles. The van der Waals surface area contributed by atoms with Crippen molar-refractivity contribution in [3.63, 3.8) is 0 Å². The minimum Gasteiger partial charge on any atom is -0.348 e. The van der Waals surface area contributed by atoms with Crippen molar-refractivity contribution in [2.45, 2.75) is 32.0 Å². The fourth-order valence-electron chi connectivity index (χ4n) is 2.05. The van der Waals surface area contributed by atoms with E-state index in [0.717, 1.165) is 18.7 Å². The number of halogens is 3. The van der Waals surface area contributed by atoms with Crippen molar-refractivity contribution in [3.05, 3.63) is 35.4 Å². The lowest BCUT2D eigenvalue weighted by Gasteiger charge is -2.15. The van der Waals surface area contributed by atoms with Crippen molar-refractivity contribution in [2.24, 2.45) is 5.92 Å². The molecule has 1 aliphatic rings. The first kappa shape index (κ1) is 15.8. The number of alkyl halides is 3. The van der Waals surface area contributed by atoms with Crippen LogP contribution in [0, 0.1) is 5.92 Å². The highest BCUT2D eigenvalue weighted by atomic mass is 19.4. The molecule has 1 aromatic rings. The van der Waals surface area contributed by atoms with E-state index in [1.54, 1.807) is 6.92 Å². The molecule has 21 heavy (non-hydrogen) atoms. The topological polar surface area (TPSA) is 41.1 Å². The molecule has 2 rings (SSSR count). The summed E-state index contributed by atoms with van der Waals surface area (Å²) in [5, 5.41) is 5.84. The summed E-state index contributed by atoms with van der Waals surface area (Å²) < 4.78 is 37.4. The summed E-state index contributed by atoms with van der Waals surface area (Å²) >= 11 is 0. The molecule has 1 atom stereocenters. The van der Waals surface area contributed by atoms with Gasteiger partial charge in [0.25, 0.3) is 0 Å². The molecule has 1 fully saturated rings. The van der Waals surface area contributed by atoms with Gasteiger partial charge >= 0.3 is 6.18 Å². The maximum absolute atomic E-state index is 12.5. The monoisotopic (exact) mass is 300 g/mol. The van der Waals surface area contributed by atoms with Crippen LogP contribution in [0.15, 0.2) is 24.3 Å². The lowest BCUT2D eigenvalue weighted by molar-refractivity contribution is -0.137. The quantitative estimate of drug-likeness (QED) is 0.848. The van der Waals surface area contributed by atoms with Gasteiger partial charge in [-0.05, 0) is 49.9 Å². The zero-order chi connectivity index (χ0) is 15.5. The van der Waals surface area contributed by atoms with Gasteiger partial charge in [-0.3, -0.25) is 4.79 Å². The van der Waals surface area contributed by atoms with Crippen LogP contribution in [-0.2, 0) is 11.0 Å². The van der Waals surface area contributed by atoms with E-state index in [0.29, 0.717) is 11.5 Å². The highest BCUT2D eigenvalue weighted by molar-refractivity contribution is 5.78. The zero-order valence-corrected chi connectivity index (χ0v) is 11.8. The summed E-state index contributed by atoms with van der Waals surface area (Å²) in [6.45, 7) is 2.84. The van der Waals surface area contributed by atoms with Crippen molar-refractivity contribution >= 4 is 5.91 Å². The van der Waals surface area contributed by atoms with Crippen LogP contribution in [0.1, 0.15) is 36.9 Å². The molecule has 0 saturated heterocycles. The third-order valence-corrected chi connectivity index (χ3v) is 3.53. The Kier molecular flexibility index (Phi) is 4.88. The standard InChI is InChI=1S/C15H19F3N2O/c1-10(20-14(21)9-19-8-11-2-3-11)12-4-6-13(7-5-12)15(16,17)18/h4-7,10-11,19H,2-3,8-9H2,1H3,(H,20,21). The second-order valence-corrected chi connectivity index (χ2v) is 5.48. The van der Waals surface area contributed by atoms with Crippen molar-refractivity contribution in [2.75, 3.05) is 13.1 Å². The van der Waals surface area contributed by atoms with Gasteiger partial charge in [-0.25, -0.2) is 0 Å². The lowest BCUT2D eigenvalue weighted by Crippen LogP contribution is -2.36. The van der Waals surface area contributed by atoms with E-state index >= 15 is 0 Å². The second kappa shape index (κ2) is 6.47. The highest BCUT2D eigenvalue weighted by Gasteiger charge is 2.30. The van der Waals surface area contributed by atoms with E-state index in [4.69, 9.17) is 0 Å². The van der Waals surface area contributed by atoms with Crippen molar-refractivity contribution in [3.8, 4) is 0 Å². The number of nitrogens with one attached hydrogen (secondary N) is 2. The van der Waals surface area contributed by atoms with E-state index in [-0.39, 0.29) is 18.5 Å². The molecule has 1 saturated carbocycles. The molecule has 1 aliphatic carbocycles. The van der Waals surface area contributed by atoms with E-state index < -0.39 is 11.7 Å². The maximum atomic E-state index is 12.5. The van der Waals surface area contributed by atoms with Crippen molar-refractivity contribution in [1.29, 1.82) is 0 Å². The number of carbonyl (C=O) groups is 1. The van der Waals surface area contributed by atoms with E-state index in [9.17, 15) is 18.0 Å². The molecule has 1 unspecified atom stereocenters. The summed E-state index contributed by atoms with van der Waals surface area (Å²) in [6, 6.07) is 4.53. The van der Waals surface area contributed by atoms with Crippen LogP contribution in [0.25, 0.3) is 0 Å². The number of amides is 1. The van der Waals surface area contributed by atoms with Gasteiger partial charge in [-0.2, -0.15) is 13.2 Å². The number of hydrogen-bond donors (Lipinski definition) is 2. The number of benzene rings is 1. The van der Waals surface area contributed by atoms with Gasteiger partial charge < -0.3 is 10.6 Å². The average molecular weight is 300 g/mol. The molecule has 2 N–H and O–H groups in total. The van der Waals surface area contributed by atoms with Gasteiger partial charge in [0.15, 0.2) is 0 Å². The normalized spacial score (nSPS) is 16.6. The van der Waals surface area contributed by atoms with Crippen LogP contribution in [0.4, 0.5) is 13.2 Å². The van der Waals surface area contributed by atoms with Crippen LogP contribution in [-0.4, -0.2) is 19.0 Å². The fourth-order valence-corrected chi connectivity index (χ4v) is 2.05. The van der Waals surface area contributed by atoms with Gasteiger partial charge in [0, 0.05) is 0 Å². The number of rotatable bonds is 6. The molecular weight excluding hydrogens is 281 g/mol. The highest BCUT2D eigenvalue weighted by Crippen LogP contribution is 2.30. The number of hydrogen-bond acceptors (Lipinski definition) is 2. The Bertz CT molecular complexity index is 481. The van der Waals surface area contributed by atoms with Crippen LogP contribution in [0.3, 0.4) is 0 Å². The summed E-state index contributed by atoms with van der Waals surface area (Å²) in [4.78, 5) is 11.7. The Morgan fingerprint density at radius 1 is 1.29 bits per heavy atom. The van der Waals surface area contributed by atoms with Crippen LogP contribution < -0.4 is 10.6 Å². The maximum Gasteiger partial charge on any atom is 0.416 e. The van der Waals surface area contributed by atoms with E-state index in [1.165, 1.54) is 25.0 Å². The predicted molar refractivity (Wildman–Crippen MR) is 73.6 cm³/mol. The smallest absolute Gasteiger partial charge is 0.348 e. The predicted octanol–water partition coefficient (Wildman–Crippen LogP) is 2.88. The molecule has 0 aliphatic heterocycles. The van der Waals surface area contributed by atoms with E-state index in [2.05, 4.69) is 10.6 Å². The van der Waals surface area contributed by atoms with Gasteiger partial charge in [-0.15, -0.1) is 0 Å². The number of carbonyl (C=O) groups excluding carboxylic acids is 1. The lowest BCUT2D eigenvalue weighted by atomic mass is 10.1. The average Bonchev–Trinajstić information content (AvgIpc) is 3.22. The molecule has 1 amide bonds. The van der Waals surface area contributed by atoms with E-state index in [1.807, 2.05) is 0 Å². The first-order chi connectivity index (χ1) is 9.86. The largest absolute Gasteiger partial charge is 0.416 e. The van der Waals surface area contributed by atoms with Crippen molar-refractivity contribution < 1.29 is 18.0 Å². The van der Waals surface area contributed by atoms with Crippen molar-refractivity contribution in [1.82, 2.24) is 10.6 Å². The molecule has 6 heteroatoms. The summed E-state index contributed by atoms with van der Waals surface area (Å²) in [5.41, 5.74) is -0.0329. The Hall–Kier alpha value is -1.56. The van der Waals surface area contributed by atoms with Gasteiger partial charge in [0.2, 0.25) is 5.91 Å². The molecule has 3 nitrogen and oxygen atoms in total. The van der Waals surface area contributed by atoms with Gasteiger partial charge in [0.1, 0.15) is 0 Å². The first-order valence-electron chi connectivity index (χ1n) is 7.03. The Balaban J connectivity index is 1.81. The molecule has 0 bridgehead atoms.